The van der Waals surface area contributed by atoms with Gasteiger partial charge in [0.25, 0.3) is 0 Å². The van der Waals surface area contributed by atoms with Crippen molar-refractivity contribution in [1.29, 1.82) is 0 Å². The molecule has 1 aromatic rings. The van der Waals surface area contributed by atoms with Crippen molar-refractivity contribution in [2.45, 2.75) is 38.8 Å². The second-order valence-electron chi connectivity index (χ2n) is 5.14. The third-order valence-corrected chi connectivity index (χ3v) is 3.38. The highest BCUT2D eigenvalue weighted by atomic mass is 16.6. The van der Waals surface area contributed by atoms with E-state index in [1.165, 1.54) is 0 Å². The fourth-order valence-electron chi connectivity index (χ4n) is 2.32. The number of nitrogens with zero attached hydrogens (tertiary/aromatic N) is 3. The molecule has 0 bridgehead atoms. The number of ether oxygens (including phenoxy) is 1. The van der Waals surface area contributed by atoms with Gasteiger partial charge in [-0.15, -0.1) is 0 Å². The van der Waals surface area contributed by atoms with Crippen LogP contribution < -0.4 is 5.32 Å². The third kappa shape index (κ3) is 2.91. The van der Waals surface area contributed by atoms with Crippen LogP contribution in [0.25, 0.3) is 0 Å². The lowest BCUT2D eigenvalue weighted by Crippen LogP contribution is -2.37. The Morgan fingerprint density at radius 2 is 2.40 bits per heavy atom. The minimum Gasteiger partial charge on any atom is -0.386 e. The number of hydrogen-bond donors (Lipinski definition) is 2. The number of nitrogens with one attached hydrogen (secondary N) is 1. The van der Waals surface area contributed by atoms with E-state index in [2.05, 4.69) is 10.4 Å². The molecule has 0 aromatic carbocycles. The molecule has 1 unspecified atom stereocenters. The van der Waals surface area contributed by atoms with Gasteiger partial charge in [-0.25, -0.2) is 4.68 Å². The number of aliphatic hydroxyl groups is 1. The molecule has 1 aliphatic rings. The van der Waals surface area contributed by atoms with Gasteiger partial charge >= 0.3 is 5.69 Å². The van der Waals surface area contributed by atoms with Crippen molar-refractivity contribution in [2.75, 3.05) is 25.1 Å². The molecule has 20 heavy (non-hydrogen) atoms. The summed E-state index contributed by atoms with van der Waals surface area (Å²) in [6, 6.07) is 0. The number of aromatic nitrogens is 2. The third-order valence-electron chi connectivity index (χ3n) is 3.38. The van der Waals surface area contributed by atoms with Gasteiger partial charge in [0.05, 0.1) is 11.5 Å². The number of hydrogen-bond acceptors (Lipinski definition) is 6. The zero-order chi connectivity index (χ0) is 14.8. The molecular formula is C12H20N4O4. The molecule has 0 radical (unpaired) electrons. The van der Waals surface area contributed by atoms with Crippen LogP contribution >= 0.6 is 0 Å². The fourth-order valence-corrected chi connectivity index (χ4v) is 2.32. The SMILES string of the molecule is CCCn1nc(C)c([N+](=O)[O-])c1NCC1(O)CCOC1. The normalized spacial score (nSPS) is 22.1. The van der Waals surface area contributed by atoms with Gasteiger partial charge in [-0.1, -0.05) is 6.92 Å². The monoisotopic (exact) mass is 284 g/mol. The van der Waals surface area contributed by atoms with Crippen molar-refractivity contribution in [3.8, 4) is 0 Å². The molecule has 1 fully saturated rings. The van der Waals surface area contributed by atoms with Crippen molar-refractivity contribution in [2.24, 2.45) is 0 Å². The molecule has 0 aliphatic carbocycles. The number of nitro groups is 1. The zero-order valence-corrected chi connectivity index (χ0v) is 11.8. The molecule has 1 aliphatic heterocycles. The van der Waals surface area contributed by atoms with Gasteiger partial charge in [0.2, 0.25) is 5.82 Å². The Hall–Kier alpha value is -1.67. The zero-order valence-electron chi connectivity index (χ0n) is 11.8. The Kier molecular flexibility index (Phi) is 4.24. The molecule has 112 valence electrons. The molecule has 0 amide bonds. The maximum absolute atomic E-state index is 11.2. The molecule has 2 heterocycles. The summed E-state index contributed by atoms with van der Waals surface area (Å²) in [6.45, 7) is 5.14. The molecule has 2 rings (SSSR count). The van der Waals surface area contributed by atoms with Gasteiger partial charge in [0.1, 0.15) is 11.3 Å². The Balaban J connectivity index is 2.21. The predicted molar refractivity (Wildman–Crippen MR) is 72.8 cm³/mol. The van der Waals surface area contributed by atoms with Crippen LogP contribution in [0.3, 0.4) is 0 Å². The van der Waals surface area contributed by atoms with Gasteiger partial charge < -0.3 is 15.2 Å². The summed E-state index contributed by atoms with van der Waals surface area (Å²) in [5, 5.41) is 28.6. The highest BCUT2D eigenvalue weighted by Crippen LogP contribution is 2.29. The summed E-state index contributed by atoms with van der Waals surface area (Å²) in [4.78, 5) is 10.7. The largest absolute Gasteiger partial charge is 0.386 e. The maximum atomic E-state index is 11.2. The van der Waals surface area contributed by atoms with Gasteiger partial charge in [0.15, 0.2) is 0 Å². The lowest BCUT2D eigenvalue weighted by Gasteiger charge is -2.21. The summed E-state index contributed by atoms with van der Waals surface area (Å²) >= 11 is 0. The van der Waals surface area contributed by atoms with E-state index in [4.69, 9.17) is 4.74 Å². The average molecular weight is 284 g/mol. The van der Waals surface area contributed by atoms with E-state index in [-0.39, 0.29) is 18.8 Å². The first-order chi connectivity index (χ1) is 9.47. The van der Waals surface area contributed by atoms with Crippen LogP contribution in [-0.2, 0) is 11.3 Å². The topological polar surface area (TPSA) is 102 Å². The molecule has 0 spiro atoms. The number of rotatable bonds is 6. The standard InChI is InChI=1S/C12H20N4O4/c1-3-5-15-11(10(16(18)19)9(2)14-15)13-7-12(17)4-6-20-8-12/h13,17H,3-8H2,1-2H3. The first kappa shape index (κ1) is 14.7. The Morgan fingerprint density at radius 3 is 2.95 bits per heavy atom. The van der Waals surface area contributed by atoms with Crippen molar-refractivity contribution >= 4 is 11.5 Å². The van der Waals surface area contributed by atoms with Gasteiger partial charge in [-0.2, -0.15) is 5.10 Å². The van der Waals surface area contributed by atoms with E-state index in [9.17, 15) is 15.2 Å². The molecule has 1 atom stereocenters. The van der Waals surface area contributed by atoms with E-state index in [0.717, 1.165) is 6.42 Å². The molecular weight excluding hydrogens is 264 g/mol. The molecule has 8 nitrogen and oxygen atoms in total. The summed E-state index contributed by atoms with van der Waals surface area (Å²) in [7, 11) is 0. The van der Waals surface area contributed by atoms with Crippen LogP contribution in [-0.4, -0.2) is 45.2 Å². The second kappa shape index (κ2) is 5.76. The second-order valence-corrected chi connectivity index (χ2v) is 5.14. The smallest absolute Gasteiger partial charge is 0.333 e. The first-order valence-corrected chi connectivity index (χ1v) is 6.72. The van der Waals surface area contributed by atoms with Crippen LogP contribution in [0.2, 0.25) is 0 Å². The molecule has 1 aromatic heterocycles. The van der Waals surface area contributed by atoms with Gasteiger partial charge in [-0.05, 0) is 13.3 Å². The lowest BCUT2D eigenvalue weighted by molar-refractivity contribution is -0.384. The molecule has 0 saturated carbocycles. The van der Waals surface area contributed by atoms with Crippen molar-refractivity contribution in [1.82, 2.24) is 9.78 Å². The summed E-state index contributed by atoms with van der Waals surface area (Å²) < 4.78 is 6.75. The highest BCUT2D eigenvalue weighted by Gasteiger charge is 2.34. The summed E-state index contributed by atoms with van der Waals surface area (Å²) in [6.07, 6.45) is 1.34. The summed E-state index contributed by atoms with van der Waals surface area (Å²) in [5.74, 6) is 0.356. The van der Waals surface area contributed by atoms with Crippen LogP contribution in [0.4, 0.5) is 11.5 Å². The lowest BCUT2D eigenvalue weighted by atomic mass is 10.0. The number of aryl methyl sites for hydroxylation is 2. The minimum absolute atomic E-state index is 0.0269. The van der Waals surface area contributed by atoms with Crippen LogP contribution in [0.1, 0.15) is 25.5 Å². The quantitative estimate of drug-likeness (QED) is 0.598. The predicted octanol–water partition coefficient (Wildman–Crippen LogP) is 1.07. The van der Waals surface area contributed by atoms with Crippen molar-refractivity contribution in [3.05, 3.63) is 15.8 Å². The van der Waals surface area contributed by atoms with Gasteiger partial charge in [-0.3, -0.25) is 10.1 Å². The van der Waals surface area contributed by atoms with E-state index < -0.39 is 10.5 Å². The maximum Gasteiger partial charge on any atom is 0.333 e. The Labute approximate surface area is 116 Å². The van der Waals surface area contributed by atoms with E-state index in [1.807, 2.05) is 6.92 Å². The number of anilines is 1. The van der Waals surface area contributed by atoms with Crippen molar-refractivity contribution < 1.29 is 14.8 Å². The minimum atomic E-state index is -0.969. The molecule has 1 saturated heterocycles. The Bertz CT molecular complexity index is 494. The van der Waals surface area contributed by atoms with Crippen LogP contribution in [0, 0.1) is 17.0 Å². The van der Waals surface area contributed by atoms with E-state index in [1.54, 1.807) is 11.6 Å². The molecule has 2 N–H and O–H groups in total. The Morgan fingerprint density at radius 1 is 1.65 bits per heavy atom. The first-order valence-electron chi connectivity index (χ1n) is 6.72. The molecule has 8 heteroatoms. The van der Waals surface area contributed by atoms with Crippen LogP contribution in [0.5, 0.6) is 0 Å². The highest BCUT2D eigenvalue weighted by molar-refractivity contribution is 5.59. The van der Waals surface area contributed by atoms with E-state index >= 15 is 0 Å². The van der Waals surface area contributed by atoms with Crippen LogP contribution in [0.15, 0.2) is 0 Å². The fraction of sp³-hybridized carbons (Fsp3) is 0.750. The average Bonchev–Trinajstić information content (AvgIpc) is 2.92. The summed E-state index contributed by atoms with van der Waals surface area (Å²) in [5.41, 5.74) is -0.620. The van der Waals surface area contributed by atoms with Gasteiger partial charge in [0, 0.05) is 26.1 Å². The van der Waals surface area contributed by atoms with E-state index in [0.29, 0.717) is 31.1 Å². The van der Waals surface area contributed by atoms with Crippen molar-refractivity contribution in [3.63, 3.8) is 0 Å².